The van der Waals surface area contributed by atoms with Gasteiger partial charge in [-0.15, -0.1) is 0 Å². The summed E-state index contributed by atoms with van der Waals surface area (Å²) in [7, 11) is 1.51. The van der Waals surface area contributed by atoms with Crippen molar-refractivity contribution in [1.29, 1.82) is 0 Å². The topological polar surface area (TPSA) is 85.9 Å². The Kier molecular flexibility index (Phi) is 8.46. The van der Waals surface area contributed by atoms with Crippen molar-refractivity contribution in [2.24, 2.45) is 0 Å². The largest absolute Gasteiger partial charge is 0.493 e. The second kappa shape index (κ2) is 11.3. The molecule has 1 amide bonds. The number of rotatable bonds is 9. The highest BCUT2D eigenvalue weighted by molar-refractivity contribution is 9.10. The molecule has 2 aromatic rings. The van der Waals surface area contributed by atoms with Crippen LogP contribution in [0.4, 0.5) is 5.69 Å². The summed E-state index contributed by atoms with van der Waals surface area (Å²) in [5.41, 5.74) is 2.68. The molecule has 2 N–H and O–H groups in total. The number of thioether (sulfide) groups is 1. The molecule has 0 spiro atoms. The number of carbonyl (C=O) groups is 2. The molecular weight excluding hydrogens is 496 g/mol. The van der Waals surface area contributed by atoms with Crippen molar-refractivity contribution in [3.63, 3.8) is 0 Å². The summed E-state index contributed by atoms with van der Waals surface area (Å²) < 4.78 is 16.5. The molecule has 170 valence electrons. The lowest BCUT2D eigenvalue weighted by Crippen LogP contribution is -2.30. The van der Waals surface area contributed by atoms with Crippen LogP contribution in [0.1, 0.15) is 25.0 Å². The van der Waals surface area contributed by atoms with E-state index in [4.69, 9.17) is 14.2 Å². The molecule has 0 unspecified atom stereocenters. The number of methoxy groups -OCH3 is 1. The molecule has 1 heterocycles. The summed E-state index contributed by atoms with van der Waals surface area (Å²) in [6, 6.07) is 11.7. The van der Waals surface area contributed by atoms with E-state index in [1.54, 1.807) is 25.1 Å². The summed E-state index contributed by atoms with van der Waals surface area (Å²) in [5.74, 6) is 0.205. The number of benzene rings is 2. The lowest BCUT2D eigenvalue weighted by atomic mass is 10.1. The predicted octanol–water partition coefficient (Wildman–Crippen LogP) is 4.56. The van der Waals surface area contributed by atoms with Gasteiger partial charge in [0, 0.05) is 5.69 Å². The normalized spacial score (nSPS) is 16.6. The molecule has 32 heavy (non-hydrogen) atoms. The van der Waals surface area contributed by atoms with Crippen LogP contribution >= 0.6 is 27.7 Å². The van der Waals surface area contributed by atoms with E-state index in [0.29, 0.717) is 20.9 Å². The maximum Gasteiger partial charge on any atom is 0.344 e. The minimum Gasteiger partial charge on any atom is -0.493 e. The van der Waals surface area contributed by atoms with Gasteiger partial charge in [0.2, 0.25) is 0 Å². The number of nitrogens with one attached hydrogen (secondary N) is 2. The summed E-state index contributed by atoms with van der Waals surface area (Å²) in [6.45, 7) is 3.90. The molecule has 1 aliphatic heterocycles. The first-order valence-electron chi connectivity index (χ1n) is 10.1. The second-order valence-corrected chi connectivity index (χ2v) is 8.80. The molecule has 1 aliphatic rings. The van der Waals surface area contributed by atoms with Crippen LogP contribution in [0.5, 0.6) is 11.5 Å². The Morgan fingerprint density at radius 3 is 2.66 bits per heavy atom. The van der Waals surface area contributed by atoms with E-state index >= 15 is 0 Å². The summed E-state index contributed by atoms with van der Waals surface area (Å²) >= 11 is 4.86. The van der Waals surface area contributed by atoms with Gasteiger partial charge in [-0.05, 0) is 70.7 Å². The van der Waals surface area contributed by atoms with Crippen molar-refractivity contribution >= 4 is 51.3 Å². The molecule has 2 aromatic carbocycles. The number of anilines is 1. The van der Waals surface area contributed by atoms with Gasteiger partial charge in [-0.1, -0.05) is 30.8 Å². The SMILES string of the molecule is CCOC(=O)COc1c(Br)cc(/C=C2\S[C@H](Nc3ccc(CC)cc3)NC2=O)cc1OC. The molecule has 0 radical (unpaired) electrons. The van der Waals surface area contributed by atoms with Gasteiger partial charge in [0.1, 0.15) is 0 Å². The van der Waals surface area contributed by atoms with Gasteiger partial charge in [-0.3, -0.25) is 4.79 Å². The molecule has 1 fully saturated rings. The van der Waals surface area contributed by atoms with Gasteiger partial charge < -0.3 is 24.8 Å². The van der Waals surface area contributed by atoms with E-state index in [1.807, 2.05) is 12.1 Å². The lowest BCUT2D eigenvalue weighted by molar-refractivity contribution is -0.145. The first-order chi connectivity index (χ1) is 15.4. The smallest absolute Gasteiger partial charge is 0.344 e. The molecule has 3 rings (SSSR count). The average Bonchev–Trinajstić information content (AvgIpc) is 3.11. The van der Waals surface area contributed by atoms with Crippen LogP contribution in [0.15, 0.2) is 45.8 Å². The van der Waals surface area contributed by atoms with E-state index in [2.05, 4.69) is 45.6 Å². The van der Waals surface area contributed by atoms with Gasteiger partial charge in [0.05, 0.1) is 23.1 Å². The number of hydrogen-bond donors (Lipinski definition) is 2. The molecule has 0 aromatic heterocycles. The second-order valence-electron chi connectivity index (χ2n) is 6.80. The minimum absolute atomic E-state index is 0.157. The number of esters is 1. The zero-order chi connectivity index (χ0) is 23.1. The van der Waals surface area contributed by atoms with Crippen LogP contribution in [-0.2, 0) is 20.7 Å². The highest BCUT2D eigenvalue weighted by Gasteiger charge is 2.27. The maximum atomic E-state index is 12.5. The Bertz CT molecular complexity index is 1010. The first kappa shape index (κ1) is 24.0. The number of halogens is 1. The van der Waals surface area contributed by atoms with Gasteiger partial charge in [0.25, 0.3) is 5.91 Å². The Balaban J connectivity index is 1.71. The van der Waals surface area contributed by atoms with Crippen molar-refractivity contribution in [3.8, 4) is 11.5 Å². The van der Waals surface area contributed by atoms with Gasteiger partial charge in [0.15, 0.2) is 23.6 Å². The summed E-state index contributed by atoms with van der Waals surface area (Å²) in [6.07, 6.45) is 2.76. The van der Waals surface area contributed by atoms with E-state index < -0.39 is 5.97 Å². The molecule has 1 atom stereocenters. The van der Waals surface area contributed by atoms with E-state index in [1.165, 1.54) is 24.4 Å². The maximum absolute atomic E-state index is 12.5. The van der Waals surface area contributed by atoms with Crippen molar-refractivity contribution in [1.82, 2.24) is 5.32 Å². The molecule has 0 saturated carbocycles. The van der Waals surface area contributed by atoms with E-state index in [9.17, 15) is 9.59 Å². The predicted molar refractivity (Wildman–Crippen MR) is 130 cm³/mol. The Morgan fingerprint density at radius 2 is 2.00 bits per heavy atom. The van der Waals surface area contributed by atoms with Crippen LogP contribution in [-0.4, -0.2) is 37.7 Å². The molecule has 1 saturated heterocycles. The standard InChI is InChI=1S/C23H25BrN2O5S/c1-4-14-6-8-16(9-7-14)25-23-26-22(28)19(32-23)12-15-10-17(24)21(18(11-15)29-3)31-13-20(27)30-5-2/h6-12,23,25H,4-5,13H2,1-3H3,(H,26,28)/b19-12-/t23-/m1/s1. The fourth-order valence-corrected chi connectivity index (χ4v) is 4.56. The number of ether oxygens (including phenoxy) is 3. The number of hydrogen-bond acceptors (Lipinski definition) is 7. The van der Waals surface area contributed by atoms with Crippen LogP contribution in [0.25, 0.3) is 6.08 Å². The van der Waals surface area contributed by atoms with Crippen molar-refractivity contribution < 1.29 is 23.8 Å². The Hall–Kier alpha value is -2.65. The molecule has 0 aliphatic carbocycles. The van der Waals surface area contributed by atoms with Gasteiger partial charge in [-0.2, -0.15) is 0 Å². The van der Waals surface area contributed by atoms with Crippen LogP contribution in [0.2, 0.25) is 0 Å². The zero-order valence-corrected chi connectivity index (χ0v) is 20.5. The number of amides is 1. The third-order valence-corrected chi connectivity index (χ3v) is 6.20. The van der Waals surface area contributed by atoms with Crippen molar-refractivity contribution in [2.45, 2.75) is 25.8 Å². The zero-order valence-electron chi connectivity index (χ0n) is 18.1. The van der Waals surface area contributed by atoms with Crippen molar-refractivity contribution in [3.05, 3.63) is 56.9 Å². The quantitative estimate of drug-likeness (QED) is 0.370. The monoisotopic (exact) mass is 520 g/mol. The average molecular weight is 521 g/mol. The van der Waals surface area contributed by atoms with E-state index in [-0.39, 0.29) is 24.6 Å². The fourth-order valence-electron chi connectivity index (χ4n) is 3.00. The third kappa shape index (κ3) is 6.20. The summed E-state index contributed by atoms with van der Waals surface area (Å²) in [4.78, 5) is 24.6. The highest BCUT2D eigenvalue weighted by atomic mass is 79.9. The number of aryl methyl sites for hydroxylation is 1. The summed E-state index contributed by atoms with van der Waals surface area (Å²) in [5, 5.41) is 6.24. The first-order valence-corrected chi connectivity index (χ1v) is 11.8. The van der Waals surface area contributed by atoms with Crippen LogP contribution < -0.4 is 20.1 Å². The Labute approximate surface area is 200 Å². The third-order valence-electron chi connectivity index (χ3n) is 4.58. The lowest BCUT2D eigenvalue weighted by Gasteiger charge is -2.13. The molecule has 0 bridgehead atoms. The molecule has 9 heteroatoms. The molecule has 7 nitrogen and oxygen atoms in total. The van der Waals surface area contributed by atoms with Gasteiger partial charge >= 0.3 is 5.97 Å². The van der Waals surface area contributed by atoms with Crippen LogP contribution in [0, 0.1) is 0 Å². The Morgan fingerprint density at radius 1 is 1.25 bits per heavy atom. The minimum atomic E-state index is -0.463. The van der Waals surface area contributed by atoms with E-state index in [0.717, 1.165) is 17.7 Å². The highest BCUT2D eigenvalue weighted by Crippen LogP contribution is 2.38. The van der Waals surface area contributed by atoms with Crippen molar-refractivity contribution in [2.75, 3.05) is 25.6 Å². The van der Waals surface area contributed by atoms with Crippen LogP contribution in [0.3, 0.4) is 0 Å². The molecular formula is C23H25BrN2O5S. The number of carbonyl (C=O) groups excluding carboxylic acids is 2. The fraction of sp³-hybridized carbons (Fsp3) is 0.304. The van der Waals surface area contributed by atoms with Gasteiger partial charge in [-0.25, -0.2) is 4.79 Å².